The number of hydrogen-bond acceptors (Lipinski definition) is 2. The lowest BCUT2D eigenvalue weighted by atomic mass is 10.2. The van der Waals surface area contributed by atoms with E-state index in [1.54, 1.807) is 4.90 Å². The number of carbonyl (C=O) groups excluding carboxylic acids is 1. The Bertz CT molecular complexity index is 743. The zero-order valence-corrected chi connectivity index (χ0v) is 12.1. The van der Waals surface area contributed by atoms with Gasteiger partial charge in [0, 0.05) is 4.90 Å². The molecule has 0 saturated heterocycles. The molecule has 0 aliphatic carbocycles. The molecule has 0 bridgehead atoms. The lowest BCUT2D eigenvalue weighted by Crippen LogP contribution is -2.34. The number of hydrogen-bond donors (Lipinski definition) is 0. The van der Waals surface area contributed by atoms with Crippen molar-refractivity contribution in [2.45, 2.75) is 4.90 Å². The van der Waals surface area contributed by atoms with Gasteiger partial charge in [0.15, 0.2) is 0 Å². The molecule has 0 aromatic heterocycles. The Balaban J connectivity index is 2.04. The largest absolute Gasteiger partial charge is 0.295 e. The van der Waals surface area contributed by atoms with Crippen LogP contribution in [0, 0.1) is 12.3 Å². The van der Waals surface area contributed by atoms with Gasteiger partial charge in [-0.2, -0.15) is 0 Å². The number of amides is 1. The van der Waals surface area contributed by atoms with Crippen LogP contribution in [0.4, 0.5) is 5.69 Å². The van der Waals surface area contributed by atoms with Crippen molar-refractivity contribution in [1.82, 2.24) is 0 Å². The van der Waals surface area contributed by atoms with Gasteiger partial charge in [-0.1, -0.05) is 60.1 Å². The van der Waals surface area contributed by atoms with Crippen molar-refractivity contribution in [3.05, 3.63) is 65.1 Å². The van der Waals surface area contributed by atoms with E-state index in [0.717, 1.165) is 16.1 Å². The molecule has 0 N–H and O–H groups in total. The summed E-state index contributed by atoms with van der Waals surface area (Å²) in [4.78, 5) is 16.0. The van der Waals surface area contributed by atoms with Gasteiger partial charge in [0.2, 0.25) is 0 Å². The highest BCUT2D eigenvalue weighted by Crippen LogP contribution is 2.41. The lowest BCUT2D eigenvalue weighted by Gasteiger charge is -2.28. The summed E-state index contributed by atoms with van der Waals surface area (Å²) in [6.45, 7) is 0.280. The van der Waals surface area contributed by atoms with Crippen molar-refractivity contribution in [3.8, 4) is 12.3 Å². The molecule has 2 nitrogen and oxygen atoms in total. The van der Waals surface area contributed by atoms with Crippen molar-refractivity contribution >= 4 is 29.4 Å². The first-order valence-corrected chi connectivity index (χ1v) is 7.40. The fourth-order valence-corrected chi connectivity index (χ4v) is 3.27. The van der Waals surface area contributed by atoms with Gasteiger partial charge in [0.25, 0.3) is 5.91 Å². The number of fused-ring (bicyclic) bond motifs is 1. The lowest BCUT2D eigenvalue weighted by molar-refractivity contribution is -0.114. The van der Waals surface area contributed by atoms with E-state index in [2.05, 4.69) is 5.92 Å². The normalized spacial score (nSPS) is 15.7. The Morgan fingerprint density at radius 1 is 1.10 bits per heavy atom. The highest BCUT2D eigenvalue weighted by molar-refractivity contribution is 8.04. The average Bonchev–Trinajstić information content (AvgIpc) is 2.52. The Labute approximate surface area is 128 Å². The maximum atomic E-state index is 12.6. The molecule has 2 aromatic carbocycles. The first-order chi connectivity index (χ1) is 10.3. The Morgan fingerprint density at radius 2 is 1.81 bits per heavy atom. The molecule has 3 rings (SSSR count). The highest BCUT2D eigenvalue weighted by atomic mass is 32.2. The van der Waals surface area contributed by atoms with E-state index in [4.69, 9.17) is 6.42 Å². The maximum Gasteiger partial charge on any atom is 0.265 e. The fourth-order valence-electron chi connectivity index (χ4n) is 2.21. The summed E-state index contributed by atoms with van der Waals surface area (Å²) in [6.07, 6.45) is 7.32. The van der Waals surface area contributed by atoms with Crippen molar-refractivity contribution in [1.29, 1.82) is 0 Å². The summed E-state index contributed by atoms with van der Waals surface area (Å²) in [5.41, 5.74) is 1.89. The molecule has 1 aliphatic rings. The molecule has 3 heteroatoms. The number of para-hydroxylation sites is 1. The molecule has 1 amide bonds. The van der Waals surface area contributed by atoms with E-state index in [9.17, 15) is 4.79 Å². The van der Waals surface area contributed by atoms with Crippen LogP contribution >= 0.6 is 11.8 Å². The van der Waals surface area contributed by atoms with Crippen LogP contribution < -0.4 is 4.90 Å². The molecule has 0 atom stereocenters. The van der Waals surface area contributed by atoms with Crippen molar-refractivity contribution in [3.63, 3.8) is 0 Å². The minimum Gasteiger partial charge on any atom is -0.295 e. The predicted octanol–water partition coefficient (Wildman–Crippen LogP) is 3.80. The van der Waals surface area contributed by atoms with E-state index in [-0.39, 0.29) is 12.5 Å². The van der Waals surface area contributed by atoms with E-state index in [1.165, 1.54) is 11.8 Å². The second-order valence-corrected chi connectivity index (χ2v) is 5.67. The van der Waals surface area contributed by atoms with Crippen LogP contribution in [0.15, 0.2) is 64.4 Å². The van der Waals surface area contributed by atoms with Crippen LogP contribution in [0.3, 0.4) is 0 Å². The van der Waals surface area contributed by atoms with Gasteiger partial charge >= 0.3 is 0 Å². The van der Waals surface area contributed by atoms with Crippen LogP contribution in [-0.2, 0) is 4.79 Å². The molecule has 1 aliphatic heterocycles. The number of thioether (sulfide) groups is 1. The van der Waals surface area contributed by atoms with E-state index >= 15 is 0 Å². The van der Waals surface area contributed by atoms with Crippen molar-refractivity contribution < 1.29 is 4.79 Å². The van der Waals surface area contributed by atoms with Crippen LogP contribution in [-0.4, -0.2) is 12.5 Å². The van der Waals surface area contributed by atoms with E-state index < -0.39 is 0 Å². The second kappa shape index (κ2) is 5.90. The summed E-state index contributed by atoms with van der Waals surface area (Å²) in [7, 11) is 0. The number of carbonyl (C=O) groups is 1. The quantitative estimate of drug-likeness (QED) is 0.619. The average molecular weight is 291 g/mol. The molecule has 0 spiro atoms. The molecule has 1 heterocycles. The number of anilines is 1. The van der Waals surface area contributed by atoms with Gasteiger partial charge in [-0.3, -0.25) is 9.69 Å². The molecule has 21 heavy (non-hydrogen) atoms. The third kappa shape index (κ3) is 2.72. The van der Waals surface area contributed by atoms with E-state index in [0.29, 0.717) is 4.91 Å². The monoisotopic (exact) mass is 291 g/mol. The maximum absolute atomic E-state index is 12.6. The SMILES string of the molecule is C#CCN1C(=O)/C(=C/c2ccccc2)Sc2ccccc21. The standard InChI is InChI=1S/C18H13NOS/c1-2-12-19-15-10-6-7-11-16(15)21-17(18(19)20)13-14-8-4-3-5-9-14/h1,3-11,13H,12H2/b17-13-. The van der Waals surface area contributed by atoms with Crippen molar-refractivity contribution in [2.24, 2.45) is 0 Å². The summed E-state index contributed by atoms with van der Waals surface area (Å²) in [5, 5.41) is 0. The summed E-state index contributed by atoms with van der Waals surface area (Å²) in [6, 6.07) is 17.6. The molecule has 0 saturated carbocycles. The van der Waals surface area contributed by atoms with E-state index in [1.807, 2.05) is 60.7 Å². The molecule has 2 aromatic rings. The summed E-state index contributed by atoms with van der Waals surface area (Å²) in [5.74, 6) is 2.52. The molecule has 0 unspecified atom stereocenters. The topological polar surface area (TPSA) is 20.3 Å². The van der Waals surface area contributed by atoms with Crippen LogP contribution in [0.1, 0.15) is 5.56 Å². The molecule has 102 valence electrons. The fraction of sp³-hybridized carbons (Fsp3) is 0.0556. The van der Waals surface area contributed by atoms with Gasteiger partial charge in [-0.15, -0.1) is 6.42 Å². The summed E-state index contributed by atoms with van der Waals surface area (Å²) >= 11 is 1.49. The van der Waals surface area contributed by atoms with Crippen LogP contribution in [0.25, 0.3) is 6.08 Å². The molecule has 0 fully saturated rings. The van der Waals surface area contributed by atoms with Gasteiger partial charge < -0.3 is 0 Å². The van der Waals surface area contributed by atoms with Gasteiger partial charge in [-0.05, 0) is 23.8 Å². The van der Waals surface area contributed by atoms with Crippen LogP contribution in [0.5, 0.6) is 0 Å². The Kier molecular flexibility index (Phi) is 3.81. The van der Waals surface area contributed by atoms with Crippen LogP contribution in [0.2, 0.25) is 0 Å². The summed E-state index contributed by atoms with van der Waals surface area (Å²) < 4.78 is 0. The first kappa shape index (κ1) is 13.5. The Hall–Kier alpha value is -2.44. The van der Waals surface area contributed by atoms with Gasteiger partial charge in [0.1, 0.15) is 0 Å². The minimum atomic E-state index is -0.0412. The second-order valence-electron chi connectivity index (χ2n) is 4.58. The zero-order chi connectivity index (χ0) is 14.7. The third-order valence-electron chi connectivity index (χ3n) is 3.18. The molecular weight excluding hydrogens is 278 g/mol. The molecule has 0 radical (unpaired) electrons. The zero-order valence-electron chi connectivity index (χ0n) is 11.3. The predicted molar refractivity (Wildman–Crippen MR) is 87.9 cm³/mol. The number of terminal acetylenes is 1. The Morgan fingerprint density at radius 3 is 2.57 bits per heavy atom. The van der Waals surface area contributed by atoms with Crippen molar-refractivity contribution in [2.75, 3.05) is 11.4 Å². The first-order valence-electron chi connectivity index (χ1n) is 6.58. The third-order valence-corrected chi connectivity index (χ3v) is 4.26. The van der Waals surface area contributed by atoms with Gasteiger partial charge in [-0.25, -0.2) is 0 Å². The smallest absolute Gasteiger partial charge is 0.265 e. The molecular formula is C18H13NOS. The minimum absolute atomic E-state index is 0.0412. The number of rotatable bonds is 2. The van der Waals surface area contributed by atoms with Gasteiger partial charge in [0.05, 0.1) is 17.1 Å². The number of nitrogens with zero attached hydrogens (tertiary/aromatic N) is 1. The number of benzene rings is 2. The highest BCUT2D eigenvalue weighted by Gasteiger charge is 2.28.